The van der Waals surface area contributed by atoms with Gasteiger partial charge in [-0.15, -0.1) is 0 Å². The first-order valence-electron chi connectivity index (χ1n) is 10.1. The van der Waals surface area contributed by atoms with Crippen LogP contribution in [0.3, 0.4) is 0 Å². The van der Waals surface area contributed by atoms with Crippen LogP contribution < -0.4 is 14.8 Å². The highest BCUT2D eigenvalue weighted by Crippen LogP contribution is 2.41. The molecule has 0 fully saturated rings. The number of nitrogens with zero attached hydrogens (tertiary/aromatic N) is 1. The van der Waals surface area contributed by atoms with Crippen molar-refractivity contribution in [3.8, 4) is 17.1 Å². The zero-order valence-corrected chi connectivity index (χ0v) is 19.4. The number of halogens is 1. The van der Waals surface area contributed by atoms with Crippen molar-refractivity contribution in [2.24, 2.45) is 5.73 Å². The van der Waals surface area contributed by atoms with Crippen LogP contribution in [-0.2, 0) is 14.8 Å². The number of anilines is 1. The summed E-state index contributed by atoms with van der Waals surface area (Å²) in [5, 5.41) is 9.56. The molecule has 12 heteroatoms. The molecule has 2 aromatic carbocycles. The summed E-state index contributed by atoms with van der Waals surface area (Å²) in [5.74, 6) is -1.63. The predicted octanol–water partition coefficient (Wildman–Crippen LogP) is 3.02. The molecular weight excluding hydrogens is 471 g/mol. The summed E-state index contributed by atoms with van der Waals surface area (Å²) in [6.07, 6.45) is -0.768. The van der Waals surface area contributed by atoms with Crippen LogP contribution in [0.4, 0.5) is 14.9 Å². The molecule has 0 saturated heterocycles. The molecule has 1 heterocycles. The maximum Gasteiger partial charge on any atom is 0.412 e. The Labute approximate surface area is 194 Å². The molecule has 0 aliphatic heterocycles. The molecule has 34 heavy (non-hydrogen) atoms. The van der Waals surface area contributed by atoms with Gasteiger partial charge in [0.05, 0.1) is 31.2 Å². The quantitative estimate of drug-likeness (QED) is 0.358. The van der Waals surface area contributed by atoms with E-state index in [9.17, 15) is 27.5 Å². The third-order valence-corrected chi connectivity index (χ3v) is 5.79. The minimum atomic E-state index is -3.84. The van der Waals surface area contributed by atoms with Gasteiger partial charge in [-0.2, -0.15) is 0 Å². The second-order valence-corrected chi connectivity index (χ2v) is 9.47. The number of esters is 1. The van der Waals surface area contributed by atoms with Crippen molar-refractivity contribution in [1.29, 1.82) is 0 Å². The summed E-state index contributed by atoms with van der Waals surface area (Å²) in [6, 6.07) is 7.71. The van der Waals surface area contributed by atoms with Crippen molar-refractivity contribution < 1.29 is 41.4 Å². The van der Waals surface area contributed by atoms with Gasteiger partial charge in [0, 0.05) is 17.0 Å². The minimum Gasteiger partial charge on any atom is -0.489 e. The number of aliphatic hydroxyl groups excluding tert-OH is 1. The molecule has 0 aliphatic rings. The lowest BCUT2D eigenvalue weighted by Crippen LogP contribution is -2.33. The van der Waals surface area contributed by atoms with Gasteiger partial charge in [-0.1, -0.05) is 0 Å². The number of carbonyl (C=O) groups is 2. The Kier molecular flexibility index (Phi) is 7.12. The number of primary amides is 1. The molecule has 3 rings (SSSR count). The number of hydrogen-bond donors (Lipinski definition) is 2. The lowest BCUT2D eigenvalue weighted by molar-refractivity contribution is 0.0640. The van der Waals surface area contributed by atoms with Crippen molar-refractivity contribution in [2.75, 3.05) is 23.7 Å². The van der Waals surface area contributed by atoms with Gasteiger partial charge in [0.15, 0.2) is 0 Å². The summed E-state index contributed by atoms with van der Waals surface area (Å²) < 4.78 is 55.4. The smallest absolute Gasteiger partial charge is 0.412 e. The van der Waals surface area contributed by atoms with E-state index in [1.807, 2.05) is 0 Å². The van der Waals surface area contributed by atoms with Crippen LogP contribution in [-0.4, -0.2) is 51.1 Å². The minimum absolute atomic E-state index is 0.0495. The lowest BCUT2D eigenvalue weighted by Gasteiger charge is -2.25. The van der Waals surface area contributed by atoms with E-state index in [0.29, 0.717) is 0 Å². The van der Waals surface area contributed by atoms with E-state index in [1.165, 1.54) is 24.3 Å². The summed E-state index contributed by atoms with van der Waals surface area (Å²) in [4.78, 5) is 24.0. The number of nitrogens with two attached hydrogens (primary N) is 1. The first-order chi connectivity index (χ1) is 15.9. The van der Waals surface area contributed by atoms with Crippen LogP contribution >= 0.6 is 0 Å². The SMILES string of the molecule is CC(C)Oc1cc2c(C(=O)OC(N)=O)c(-c3ccc(F)cc3)oc2cc1N(CCO)S(C)(=O)=O. The first kappa shape index (κ1) is 25.0. The number of amides is 1. The number of ether oxygens (including phenoxy) is 2. The fourth-order valence-corrected chi connectivity index (χ4v) is 4.27. The number of carbonyl (C=O) groups excluding carboxylic acids is 2. The molecular formula is C22H23FN2O8S. The maximum atomic E-state index is 13.5. The standard InChI is InChI=1S/C22H23FN2O8S/c1-12(2)31-18-10-15-17(11-16(18)25(8-9-26)34(3,29)30)32-20(13-4-6-14(23)7-5-13)19(15)21(27)33-22(24)28/h4-7,10-12,26H,8-9H2,1-3H3,(H2,24,28). The van der Waals surface area contributed by atoms with E-state index in [0.717, 1.165) is 22.7 Å². The van der Waals surface area contributed by atoms with Gasteiger partial charge < -0.3 is 24.7 Å². The van der Waals surface area contributed by atoms with Crippen molar-refractivity contribution in [2.45, 2.75) is 20.0 Å². The largest absolute Gasteiger partial charge is 0.489 e. The Morgan fingerprint density at radius 1 is 1.21 bits per heavy atom. The molecule has 1 aromatic heterocycles. The highest BCUT2D eigenvalue weighted by Gasteiger charge is 2.29. The van der Waals surface area contributed by atoms with Gasteiger partial charge in [0.1, 0.15) is 28.5 Å². The first-order valence-corrected chi connectivity index (χ1v) is 11.9. The van der Waals surface area contributed by atoms with E-state index in [4.69, 9.17) is 14.9 Å². The number of aliphatic hydroxyl groups is 1. The molecule has 0 bridgehead atoms. The predicted molar refractivity (Wildman–Crippen MR) is 122 cm³/mol. The Balaban J connectivity index is 2.36. The van der Waals surface area contributed by atoms with Crippen molar-refractivity contribution in [3.05, 3.63) is 47.8 Å². The average molecular weight is 494 g/mol. The van der Waals surface area contributed by atoms with Gasteiger partial charge >= 0.3 is 12.1 Å². The fraction of sp³-hybridized carbons (Fsp3) is 0.273. The van der Waals surface area contributed by atoms with Crippen LogP contribution in [0.15, 0.2) is 40.8 Å². The molecule has 0 radical (unpaired) electrons. The van der Waals surface area contributed by atoms with Gasteiger partial charge in [0.25, 0.3) is 0 Å². The van der Waals surface area contributed by atoms with Crippen LogP contribution in [0.2, 0.25) is 0 Å². The Morgan fingerprint density at radius 2 is 1.85 bits per heavy atom. The number of benzene rings is 2. The Morgan fingerprint density at radius 3 is 2.38 bits per heavy atom. The zero-order chi connectivity index (χ0) is 25.2. The van der Waals surface area contributed by atoms with E-state index in [2.05, 4.69) is 4.74 Å². The van der Waals surface area contributed by atoms with Gasteiger partial charge in [-0.25, -0.2) is 22.4 Å². The van der Waals surface area contributed by atoms with Gasteiger partial charge in [-0.3, -0.25) is 4.31 Å². The molecule has 3 N–H and O–H groups in total. The number of furan rings is 1. The topological polar surface area (TPSA) is 149 Å². The van der Waals surface area contributed by atoms with Gasteiger partial charge in [0.2, 0.25) is 10.0 Å². The molecule has 182 valence electrons. The normalized spacial score (nSPS) is 11.6. The van der Waals surface area contributed by atoms with Crippen LogP contribution in [0.25, 0.3) is 22.3 Å². The van der Waals surface area contributed by atoms with E-state index in [1.54, 1.807) is 13.8 Å². The molecule has 0 atom stereocenters. The summed E-state index contributed by atoms with van der Waals surface area (Å²) >= 11 is 0. The summed E-state index contributed by atoms with van der Waals surface area (Å²) in [7, 11) is -3.84. The average Bonchev–Trinajstić information content (AvgIpc) is 3.08. The highest BCUT2D eigenvalue weighted by atomic mass is 32.2. The monoisotopic (exact) mass is 494 g/mol. The van der Waals surface area contributed by atoms with Gasteiger partial charge in [-0.05, 0) is 44.2 Å². The third-order valence-electron chi connectivity index (χ3n) is 4.61. The zero-order valence-electron chi connectivity index (χ0n) is 18.6. The Hall–Kier alpha value is -3.64. The number of sulfonamides is 1. The second kappa shape index (κ2) is 9.69. The summed E-state index contributed by atoms with van der Waals surface area (Å²) in [6.45, 7) is 2.70. The summed E-state index contributed by atoms with van der Waals surface area (Å²) in [5.41, 5.74) is 5.22. The second-order valence-electron chi connectivity index (χ2n) is 7.56. The number of rotatable bonds is 8. The number of fused-ring (bicyclic) bond motifs is 1. The van der Waals surface area contributed by atoms with Crippen molar-refractivity contribution in [3.63, 3.8) is 0 Å². The Bertz CT molecular complexity index is 1330. The third kappa shape index (κ3) is 5.29. The van der Waals surface area contributed by atoms with Crippen molar-refractivity contribution in [1.82, 2.24) is 0 Å². The number of hydrogen-bond acceptors (Lipinski definition) is 8. The van der Waals surface area contributed by atoms with Crippen LogP contribution in [0.1, 0.15) is 24.2 Å². The molecule has 1 amide bonds. The van der Waals surface area contributed by atoms with E-state index < -0.39 is 40.6 Å². The molecule has 0 spiro atoms. The van der Waals surface area contributed by atoms with Crippen LogP contribution in [0, 0.1) is 5.82 Å². The molecule has 0 aliphatic carbocycles. The van der Waals surface area contributed by atoms with E-state index >= 15 is 0 Å². The molecule has 0 saturated carbocycles. The lowest BCUT2D eigenvalue weighted by atomic mass is 10.0. The molecule has 10 nitrogen and oxygen atoms in total. The highest BCUT2D eigenvalue weighted by molar-refractivity contribution is 7.92. The molecule has 3 aromatic rings. The fourth-order valence-electron chi connectivity index (χ4n) is 3.36. The maximum absolute atomic E-state index is 13.5. The van der Waals surface area contributed by atoms with Crippen molar-refractivity contribution >= 4 is 38.7 Å². The molecule has 0 unspecified atom stereocenters. The van der Waals surface area contributed by atoms with E-state index in [-0.39, 0.29) is 45.8 Å². The van der Waals surface area contributed by atoms with Crippen LogP contribution in [0.5, 0.6) is 5.75 Å².